The molecule has 0 amide bonds. The second-order valence-electron chi connectivity index (χ2n) is 5.61. The molecule has 0 N–H and O–H groups in total. The standard InChI is InChI=1S/C17H14F3NO3S/c18-17(19,20)14-8-6-13(7-9-14)15-16(21-11-24-15)25(22,23)10-12-4-2-1-3-5-12/h1-9,11,15-16H,10H2/t15-,16-/m1/s1. The molecule has 8 heteroatoms. The molecule has 2 aromatic rings. The van der Waals surface area contributed by atoms with Crippen molar-refractivity contribution < 1.29 is 26.3 Å². The van der Waals surface area contributed by atoms with Crippen LogP contribution in [0.1, 0.15) is 22.8 Å². The first-order chi connectivity index (χ1) is 11.8. The van der Waals surface area contributed by atoms with E-state index in [0.717, 1.165) is 18.5 Å². The van der Waals surface area contributed by atoms with Crippen LogP contribution in [0.25, 0.3) is 0 Å². The number of halogens is 3. The summed E-state index contributed by atoms with van der Waals surface area (Å²) in [5.41, 5.74) is 0.127. The van der Waals surface area contributed by atoms with Gasteiger partial charge in [-0.05, 0) is 23.3 Å². The van der Waals surface area contributed by atoms with Gasteiger partial charge in [0.05, 0.1) is 11.3 Å². The Labute approximate surface area is 142 Å². The Bertz CT molecular complexity index is 862. The van der Waals surface area contributed by atoms with Crippen molar-refractivity contribution in [3.8, 4) is 0 Å². The summed E-state index contributed by atoms with van der Waals surface area (Å²) in [6.07, 6.45) is -4.38. The third-order valence-corrected chi connectivity index (χ3v) is 5.66. The van der Waals surface area contributed by atoms with Gasteiger partial charge in [-0.3, -0.25) is 0 Å². The topological polar surface area (TPSA) is 55.7 Å². The summed E-state index contributed by atoms with van der Waals surface area (Å²) in [6, 6.07) is 12.8. The minimum Gasteiger partial charge on any atom is -0.472 e. The van der Waals surface area contributed by atoms with Gasteiger partial charge in [0.2, 0.25) is 0 Å². The number of aliphatic imine (C=N–C) groups is 1. The first-order valence-electron chi connectivity index (χ1n) is 7.37. The molecule has 2 atom stereocenters. The SMILES string of the molecule is O=S(=O)(Cc1ccccc1)[C@H]1N=CO[C@@H]1c1ccc(C(F)(F)F)cc1. The fourth-order valence-electron chi connectivity index (χ4n) is 2.58. The van der Waals surface area contributed by atoms with Gasteiger partial charge in [0.1, 0.15) is 0 Å². The van der Waals surface area contributed by atoms with E-state index < -0.39 is 33.1 Å². The monoisotopic (exact) mass is 369 g/mol. The number of ether oxygens (including phenoxy) is 1. The molecule has 2 aromatic carbocycles. The first-order valence-corrected chi connectivity index (χ1v) is 9.09. The first kappa shape index (κ1) is 17.5. The van der Waals surface area contributed by atoms with E-state index >= 15 is 0 Å². The number of alkyl halides is 3. The van der Waals surface area contributed by atoms with Crippen LogP contribution >= 0.6 is 0 Å². The third kappa shape index (κ3) is 3.84. The van der Waals surface area contributed by atoms with E-state index in [4.69, 9.17) is 4.74 Å². The largest absolute Gasteiger partial charge is 0.472 e. The van der Waals surface area contributed by atoms with Crippen LogP contribution < -0.4 is 0 Å². The van der Waals surface area contributed by atoms with Crippen molar-refractivity contribution in [3.05, 3.63) is 71.3 Å². The van der Waals surface area contributed by atoms with Crippen LogP contribution in [0.15, 0.2) is 59.6 Å². The van der Waals surface area contributed by atoms with Gasteiger partial charge in [0.25, 0.3) is 0 Å². The molecule has 3 rings (SSSR count). The second-order valence-corrected chi connectivity index (χ2v) is 7.71. The quantitative estimate of drug-likeness (QED) is 0.825. The van der Waals surface area contributed by atoms with Crippen LogP contribution in [0.3, 0.4) is 0 Å². The molecule has 0 unspecified atom stereocenters. The van der Waals surface area contributed by atoms with Crippen LogP contribution in [0.2, 0.25) is 0 Å². The maximum absolute atomic E-state index is 12.7. The Kier molecular flexibility index (Phi) is 4.55. The summed E-state index contributed by atoms with van der Waals surface area (Å²) < 4.78 is 68.5. The number of benzene rings is 2. The van der Waals surface area contributed by atoms with Gasteiger partial charge in [0, 0.05) is 0 Å². The van der Waals surface area contributed by atoms with Crippen molar-refractivity contribution in [2.75, 3.05) is 0 Å². The third-order valence-electron chi connectivity index (χ3n) is 3.82. The van der Waals surface area contributed by atoms with E-state index in [1.54, 1.807) is 30.3 Å². The fourth-order valence-corrected chi connectivity index (χ4v) is 4.24. The van der Waals surface area contributed by atoms with Crippen LogP contribution in [-0.2, 0) is 26.5 Å². The number of rotatable bonds is 4. The van der Waals surface area contributed by atoms with Gasteiger partial charge in [-0.1, -0.05) is 42.5 Å². The zero-order valence-corrected chi connectivity index (χ0v) is 13.7. The van der Waals surface area contributed by atoms with Gasteiger partial charge < -0.3 is 4.74 Å². The molecule has 4 nitrogen and oxygen atoms in total. The Hall–Kier alpha value is -2.35. The minimum atomic E-state index is -4.45. The molecule has 1 aliphatic heterocycles. The molecule has 0 aliphatic carbocycles. The minimum absolute atomic E-state index is 0.226. The zero-order chi connectivity index (χ0) is 18.1. The molecule has 0 saturated heterocycles. The van der Waals surface area contributed by atoms with Crippen LogP contribution in [0.4, 0.5) is 13.2 Å². The smallest absolute Gasteiger partial charge is 0.416 e. The van der Waals surface area contributed by atoms with Gasteiger partial charge in [-0.2, -0.15) is 13.2 Å². The van der Waals surface area contributed by atoms with Crippen molar-refractivity contribution in [3.63, 3.8) is 0 Å². The van der Waals surface area contributed by atoms with Gasteiger partial charge in [-0.25, -0.2) is 13.4 Å². The van der Waals surface area contributed by atoms with E-state index in [2.05, 4.69) is 4.99 Å². The Morgan fingerprint density at radius 3 is 2.24 bits per heavy atom. The van der Waals surface area contributed by atoms with Crippen molar-refractivity contribution in [1.29, 1.82) is 0 Å². The summed E-state index contributed by atoms with van der Waals surface area (Å²) >= 11 is 0. The lowest BCUT2D eigenvalue weighted by molar-refractivity contribution is -0.137. The summed E-state index contributed by atoms with van der Waals surface area (Å²) in [4.78, 5) is 3.88. The molecule has 0 saturated carbocycles. The summed E-state index contributed by atoms with van der Waals surface area (Å²) in [5, 5.41) is -1.19. The molecule has 0 fully saturated rings. The number of hydrogen-bond donors (Lipinski definition) is 0. The maximum Gasteiger partial charge on any atom is 0.416 e. The van der Waals surface area contributed by atoms with Crippen molar-refractivity contribution in [2.45, 2.75) is 23.4 Å². The van der Waals surface area contributed by atoms with E-state index in [0.29, 0.717) is 11.1 Å². The average molecular weight is 369 g/mol. The molecule has 0 aromatic heterocycles. The van der Waals surface area contributed by atoms with E-state index in [9.17, 15) is 21.6 Å². The van der Waals surface area contributed by atoms with Crippen molar-refractivity contribution in [2.24, 2.45) is 4.99 Å². The highest BCUT2D eigenvalue weighted by molar-refractivity contribution is 7.91. The van der Waals surface area contributed by atoms with Gasteiger partial charge in [-0.15, -0.1) is 0 Å². The summed E-state index contributed by atoms with van der Waals surface area (Å²) in [7, 11) is -3.69. The normalized spacial score (nSPS) is 20.4. The molecular weight excluding hydrogens is 355 g/mol. The van der Waals surface area contributed by atoms with Crippen molar-refractivity contribution >= 4 is 16.2 Å². The second kappa shape index (κ2) is 6.51. The zero-order valence-electron chi connectivity index (χ0n) is 12.8. The average Bonchev–Trinajstić information content (AvgIpc) is 3.05. The lowest BCUT2D eigenvalue weighted by atomic mass is 10.1. The van der Waals surface area contributed by atoms with E-state index in [-0.39, 0.29) is 5.75 Å². The molecule has 0 spiro atoms. The summed E-state index contributed by atoms with van der Waals surface area (Å²) in [5.74, 6) is -0.226. The predicted octanol–water partition coefficient (Wildman–Crippen LogP) is 3.75. The highest BCUT2D eigenvalue weighted by atomic mass is 32.2. The summed E-state index contributed by atoms with van der Waals surface area (Å²) in [6.45, 7) is 0. The molecule has 132 valence electrons. The molecular formula is C17H14F3NO3S. The van der Waals surface area contributed by atoms with E-state index in [1.165, 1.54) is 12.1 Å². The fraction of sp³-hybridized carbons (Fsp3) is 0.235. The van der Waals surface area contributed by atoms with Crippen LogP contribution in [0, 0.1) is 0 Å². The number of sulfone groups is 1. The lowest BCUT2D eigenvalue weighted by Crippen LogP contribution is -2.26. The Morgan fingerprint density at radius 1 is 1.00 bits per heavy atom. The lowest BCUT2D eigenvalue weighted by Gasteiger charge is -2.18. The van der Waals surface area contributed by atoms with Gasteiger partial charge >= 0.3 is 6.18 Å². The molecule has 1 aliphatic rings. The molecule has 1 heterocycles. The highest BCUT2D eigenvalue weighted by Gasteiger charge is 2.39. The van der Waals surface area contributed by atoms with Crippen molar-refractivity contribution in [1.82, 2.24) is 0 Å². The molecule has 25 heavy (non-hydrogen) atoms. The number of hydrogen-bond acceptors (Lipinski definition) is 4. The Morgan fingerprint density at radius 2 is 1.64 bits per heavy atom. The number of nitrogens with zero attached hydrogens (tertiary/aromatic N) is 1. The Balaban J connectivity index is 1.83. The molecule has 0 radical (unpaired) electrons. The van der Waals surface area contributed by atoms with Crippen LogP contribution in [0.5, 0.6) is 0 Å². The van der Waals surface area contributed by atoms with E-state index in [1.807, 2.05) is 0 Å². The highest BCUT2D eigenvalue weighted by Crippen LogP contribution is 2.34. The van der Waals surface area contributed by atoms with Crippen LogP contribution in [-0.4, -0.2) is 20.2 Å². The predicted molar refractivity (Wildman–Crippen MR) is 86.6 cm³/mol. The van der Waals surface area contributed by atoms with Gasteiger partial charge in [0.15, 0.2) is 27.7 Å². The molecule has 0 bridgehead atoms. The maximum atomic E-state index is 12.7.